The third-order valence-electron chi connectivity index (χ3n) is 4.52. The monoisotopic (exact) mass is 356 g/mol. The molecule has 2 aromatic rings. The molecule has 1 aromatic heterocycles. The number of fused-ring (bicyclic) bond motifs is 1. The van der Waals surface area contributed by atoms with Crippen LogP contribution in [0.2, 0.25) is 0 Å². The van der Waals surface area contributed by atoms with E-state index in [2.05, 4.69) is 13.0 Å². The second kappa shape index (κ2) is 7.76. The Balaban J connectivity index is 1.91. The number of aryl methyl sites for hydroxylation is 2. The molecule has 1 aliphatic rings. The molecule has 138 valence electrons. The van der Waals surface area contributed by atoms with E-state index in [9.17, 15) is 10.2 Å². The van der Waals surface area contributed by atoms with Crippen molar-refractivity contribution < 1.29 is 19.5 Å². The number of hydrogen-bond donors (Lipinski definition) is 2. The molecule has 2 N–H and O–H groups in total. The third kappa shape index (κ3) is 3.66. The van der Waals surface area contributed by atoms with Crippen LogP contribution in [0.4, 0.5) is 11.5 Å². The van der Waals surface area contributed by atoms with Gasteiger partial charge in [-0.2, -0.15) is 0 Å². The number of hydrogen-bond acceptors (Lipinski definition) is 5. The molecule has 0 bridgehead atoms. The average Bonchev–Trinajstić information content (AvgIpc) is 2.92. The van der Waals surface area contributed by atoms with Crippen LogP contribution in [-0.4, -0.2) is 43.6 Å². The summed E-state index contributed by atoms with van der Waals surface area (Å²) in [5.74, 6) is 2.55. The summed E-state index contributed by atoms with van der Waals surface area (Å²) in [6.45, 7) is 3.07. The van der Waals surface area contributed by atoms with Gasteiger partial charge in [0.25, 0.3) is 5.82 Å². The van der Waals surface area contributed by atoms with Crippen molar-refractivity contribution >= 4 is 17.6 Å². The Morgan fingerprint density at radius 2 is 1.88 bits per heavy atom. The minimum Gasteiger partial charge on any atom is -0.439 e. The Kier molecular flexibility index (Phi) is 5.44. The molecule has 0 fully saturated rings. The van der Waals surface area contributed by atoms with Crippen LogP contribution < -0.4 is 19.1 Å². The topological polar surface area (TPSA) is 60.0 Å². The van der Waals surface area contributed by atoms with Crippen molar-refractivity contribution in [2.24, 2.45) is 7.05 Å². The van der Waals surface area contributed by atoms with E-state index in [-0.39, 0.29) is 13.2 Å². The normalized spacial score (nSPS) is 14.5. The molecular weight excluding hydrogens is 330 g/mol. The number of nitrogens with zero attached hydrogens (tertiary/aromatic N) is 3. The van der Waals surface area contributed by atoms with Crippen molar-refractivity contribution in [2.75, 3.05) is 43.2 Å². The van der Waals surface area contributed by atoms with E-state index < -0.39 is 0 Å². The first kappa shape index (κ1) is 18.2. The predicted molar refractivity (Wildman–Crippen MR) is 102 cm³/mol. The van der Waals surface area contributed by atoms with Gasteiger partial charge in [-0.15, -0.1) is 0 Å². The molecule has 0 atom stereocenters. The molecule has 6 heteroatoms. The molecule has 0 saturated carbocycles. The highest BCUT2D eigenvalue weighted by Crippen LogP contribution is 2.38. The fourth-order valence-electron chi connectivity index (χ4n) is 3.10. The molecule has 3 rings (SSSR count). The number of aliphatic hydroxyl groups is 2. The van der Waals surface area contributed by atoms with Gasteiger partial charge in [0.2, 0.25) is 5.88 Å². The lowest BCUT2D eigenvalue weighted by molar-refractivity contribution is -0.659. The number of aromatic nitrogens is 1. The number of pyridine rings is 1. The van der Waals surface area contributed by atoms with Crippen LogP contribution in [0.5, 0.6) is 5.75 Å². The van der Waals surface area contributed by atoms with Gasteiger partial charge < -0.3 is 19.8 Å². The van der Waals surface area contributed by atoms with E-state index in [0.717, 1.165) is 28.7 Å². The van der Waals surface area contributed by atoms with E-state index in [1.807, 2.05) is 65.0 Å². The van der Waals surface area contributed by atoms with Gasteiger partial charge in [-0.05, 0) is 36.2 Å². The number of ether oxygens (including phenoxy) is 1. The summed E-state index contributed by atoms with van der Waals surface area (Å²) in [4.78, 5) is 3.99. The van der Waals surface area contributed by atoms with Gasteiger partial charge in [-0.1, -0.05) is 6.07 Å². The number of rotatable bonds is 6. The molecule has 0 saturated heterocycles. The Morgan fingerprint density at radius 1 is 1.15 bits per heavy atom. The Labute approximate surface area is 154 Å². The van der Waals surface area contributed by atoms with Gasteiger partial charge in [0, 0.05) is 19.2 Å². The fourth-order valence-corrected chi connectivity index (χ4v) is 3.10. The Hall–Kier alpha value is -2.57. The second-order valence-electron chi connectivity index (χ2n) is 6.48. The minimum atomic E-state index is 0.0336. The van der Waals surface area contributed by atoms with E-state index in [1.54, 1.807) is 0 Å². The van der Waals surface area contributed by atoms with Crippen molar-refractivity contribution in [1.29, 1.82) is 0 Å². The quantitative estimate of drug-likeness (QED) is 0.767. The molecule has 26 heavy (non-hydrogen) atoms. The maximum Gasteiger partial charge on any atom is 0.277 e. The highest BCUT2D eigenvalue weighted by atomic mass is 16.5. The molecule has 0 aliphatic carbocycles. The van der Waals surface area contributed by atoms with Crippen molar-refractivity contribution in [3.05, 3.63) is 53.5 Å². The molecule has 6 nitrogen and oxygen atoms in total. The molecule has 2 heterocycles. The molecular formula is C20H26N3O3+. The zero-order chi connectivity index (χ0) is 18.7. The Bertz CT molecular complexity index is 814. The van der Waals surface area contributed by atoms with Crippen molar-refractivity contribution in [3.63, 3.8) is 0 Å². The first-order valence-electron chi connectivity index (χ1n) is 8.73. The molecule has 0 amide bonds. The lowest BCUT2D eigenvalue weighted by atomic mass is 10.2. The summed E-state index contributed by atoms with van der Waals surface area (Å²) in [6, 6.07) is 10.2. The van der Waals surface area contributed by atoms with Gasteiger partial charge in [-0.25, -0.2) is 4.57 Å². The van der Waals surface area contributed by atoms with E-state index in [4.69, 9.17) is 4.74 Å². The van der Waals surface area contributed by atoms with Crippen LogP contribution in [-0.2, 0) is 7.05 Å². The summed E-state index contributed by atoms with van der Waals surface area (Å²) >= 11 is 0. The lowest BCUT2D eigenvalue weighted by Crippen LogP contribution is -2.41. The maximum atomic E-state index is 9.30. The second-order valence-corrected chi connectivity index (χ2v) is 6.48. The van der Waals surface area contributed by atoms with E-state index in [0.29, 0.717) is 13.1 Å². The predicted octanol–water partition coefficient (Wildman–Crippen LogP) is 1.44. The summed E-state index contributed by atoms with van der Waals surface area (Å²) in [6.07, 6.45) is 3.96. The fraction of sp³-hybridized carbons (Fsp3) is 0.350. The number of benzene rings is 1. The van der Waals surface area contributed by atoms with E-state index >= 15 is 0 Å². The summed E-state index contributed by atoms with van der Waals surface area (Å²) in [7, 11) is 3.94. The largest absolute Gasteiger partial charge is 0.439 e. The molecule has 0 radical (unpaired) electrons. The first-order chi connectivity index (χ1) is 12.5. The van der Waals surface area contributed by atoms with Crippen LogP contribution in [0.25, 0.3) is 6.08 Å². The summed E-state index contributed by atoms with van der Waals surface area (Å²) in [5, 5.41) is 18.6. The highest BCUT2D eigenvalue weighted by Gasteiger charge is 2.23. The lowest BCUT2D eigenvalue weighted by Gasteiger charge is -2.17. The van der Waals surface area contributed by atoms with Gasteiger partial charge in [0.15, 0.2) is 5.75 Å². The highest BCUT2D eigenvalue weighted by molar-refractivity contribution is 5.71. The van der Waals surface area contributed by atoms with Crippen LogP contribution in [0.1, 0.15) is 11.1 Å². The zero-order valence-corrected chi connectivity index (χ0v) is 15.5. The number of anilines is 2. The molecule has 0 unspecified atom stereocenters. The minimum absolute atomic E-state index is 0.0336. The smallest absolute Gasteiger partial charge is 0.277 e. The van der Waals surface area contributed by atoms with Gasteiger partial charge in [-0.3, -0.25) is 4.90 Å². The summed E-state index contributed by atoms with van der Waals surface area (Å²) in [5.41, 5.74) is 3.24. The van der Waals surface area contributed by atoms with Crippen molar-refractivity contribution in [2.45, 2.75) is 6.92 Å². The standard InChI is InChI=1S/C20H26N3O3/c1-15-4-5-18-17(12-15)22(3)20(26-18)14-16-6-7-21(2)19(13-16)23(8-10-24)9-11-25/h4-7,12-14,24-25H,8-11H2,1-3H3/q+1. The first-order valence-corrected chi connectivity index (χ1v) is 8.73. The van der Waals surface area contributed by atoms with Crippen LogP contribution in [0.3, 0.4) is 0 Å². The SMILES string of the molecule is Cc1ccc2c(c1)N(C)C(=Cc1cc[n+](C)c(N(CCO)CCO)c1)O2. The average molecular weight is 356 g/mol. The van der Waals surface area contributed by atoms with Crippen molar-refractivity contribution in [3.8, 4) is 5.75 Å². The van der Waals surface area contributed by atoms with Crippen LogP contribution in [0, 0.1) is 6.92 Å². The molecule has 0 spiro atoms. The van der Waals surface area contributed by atoms with Crippen molar-refractivity contribution in [1.82, 2.24) is 0 Å². The third-order valence-corrected chi connectivity index (χ3v) is 4.52. The van der Waals surface area contributed by atoms with E-state index in [1.165, 1.54) is 5.56 Å². The van der Waals surface area contributed by atoms with Gasteiger partial charge >= 0.3 is 0 Å². The van der Waals surface area contributed by atoms with Crippen LogP contribution >= 0.6 is 0 Å². The van der Waals surface area contributed by atoms with Crippen LogP contribution in [0.15, 0.2) is 42.4 Å². The van der Waals surface area contributed by atoms with Gasteiger partial charge in [0.1, 0.15) is 13.1 Å². The molecule has 1 aromatic carbocycles. The maximum absolute atomic E-state index is 9.30. The summed E-state index contributed by atoms with van der Waals surface area (Å²) < 4.78 is 7.97. The Morgan fingerprint density at radius 3 is 2.58 bits per heavy atom. The van der Waals surface area contributed by atoms with Gasteiger partial charge in [0.05, 0.1) is 32.1 Å². The molecule has 1 aliphatic heterocycles. The number of aliphatic hydroxyl groups excluding tert-OH is 2. The zero-order valence-electron chi connectivity index (χ0n) is 15.5.